The summed E-state index contributed by atoms with van der Waals surface area (Å²) in [6.45, 7) is 0.344. The van der Waals surface area contributed by atoms with Crippen LogP contribution in [0.1, 0.15) is 23.2 Å². The molecule has 132 valence electrons. The number of sulfone groups is 1. The number of benzene rings is 1. The highest BCUT2D eigenvalue weighted by Crippen LogP contribution is 2.18. The van der Waals surface area contributed by atoms with Gasteiger partial charge < -0.3 is 15.0 Å². The monoisotopic (exact) mass is 354 g/mol. The van der Waals surface area contributed by atoms with E-state index in [9.17, 15) is 18.0 Å². The van der Waals surface area contributed by atoms with E-state index in [1.165, 1.54) is 12.0 Å². The van der Waals surface area contributed by atoms with Crippen molar-refractivity contribution in [2.24, 2.45) is 0 Å². The van der Waals surface area contributed by atoms with Crippen LogP contribution in [-0.2, 0) is 19.4 Å². The lowest BCUT2D eigenvalue weighted by atomic mass is 10.1. The zero-order chi connectivity index (χ0) is 17.7. The molecule has 1 aromatic rings. The standard InChI is InChI=1S/C16H22N2O5S/c1-18(12-8-10-24(21,22)11-12)15(19)7-9-17-14-6-4-3-5-13(14)16(20)23-2/h3-6,12,17H,7-11H2,1-2H3. The molecule has 0 bridgehead atoms. The van der Waals surface area contributed by atoms with Crippen LogP contribution in [0.2, 0.25) is 0 Å². The molecule has 8 heteroatoms. The highest BCUT2D eigenvalue weighted by atomic mass is 32.2. The molecule has 7 nitrogen and oxygen atoms in total. The third-order valence-corrected chi connectivity index (χ3v) is 5.89. The van der Waals surface area contributed by atoms with Gasteiger partial charge >= 0.3 is 5.97 Å². The van der Waals surface area contributed by atoms with Crippen molar-refractivity contribution in [1.29, 1.82) is 0 Å². The van der Waals surface area contributed by atoms with Gasteiger partial charge in [0.25, 0.3) is 0 Å². The third-order valence-electron chi connectivity index (χ3n) is 4.14. The van der Waals surface area contributed by atoms with Crippen molar-refractivity contribution >= 4 is 27.4 Å². The molecule has 0 saturated carbocycles. The Bertz CT molecular complexity index is 717. The van der Waals surface area contributed by atoms with Crippen LogP contribution in [0.5, 0.6) is 0 Å². The van der Waals surface area contributed by atoms with Crippen molar-refractivity contribution in [3.63, 3.8) is 0 Å². The second kappa shape index (κ2) is 7.65. The number of nitrogens with zero attached hydrogens (tertiary/aromatic N) is 1. The van der Waals surface area contributed by atoms with Gasteiger partial charge in [0.15, 0.2) is 9.84 Å². The van der Waals surface area contributed by atoms with Crippen LogP contribution in [0.4, 0.5) is 5.69 Å². The molecular formula is C16H22N2O5S. The van der Waals surface area contributed by atoms with Gasteiger partial charge in [-0.3, -0.25) is 4.79 Å². The summed E-state index contributed by atoms with van der Waals surface area (Å²) in [5.74, 6) is -0.397. The quantitative estimate of drug-likeness (QED) is 0.764. The average Bonchev–Trinajstić information content (AvgIpc) is 2.93. The Labute approximate surface area is 141 Å². The number of para-hydroxylation sites is 1. The van der Waals surface area contributed by atoms with E-state index in [2.05, 4.69) is 5.32 Å². The molecule has 0 aromatic heterocycles. The van der Waals surface area contributed by atoms with Crippen LogP contribution in [0, 0.1) is 0 Å². The van der Waals surface area contributed by atoms with E-state index in [1.54, 1.807) is 31.3 Å². The van der Waals surface area contributed by atoms with Gasteiger partial charge in [0.1, 0.15) is 0 Å². The number of ether oxygens (including phenoxy) is 1. The summed E-state index contributed by atoms with van der Waals surface area (Å²) in [5.41, 5.74) is 1.01. The molecule has 1 unspecified atom stereocenters. The van der Waals surface area contributed by atoms with Gasteiger partial charge in [-0.2, -0.15) is 0 Å². The molecule has 1 aromatic carbocycles. The second-order valence-corrected chi connectivity index (χ2v) is 8.00. The number of hydrogen-bond donors (Lipinski definition) is 1. The fourth-order valence-electron chi connectivity index (χ4n) is 2.69. The summed E-state index contributed by atoms with van der Waals surface area (Å²) in [6.07, 6.45) is 0.700. The molecular weight excluding hydrogens is 332 g/mol. The van der Waals surface area contributed by atoms with Crippen molar-refractivity contribution in [3.05, 3.63) is 29.8 Å². The molecule has 1 amide bonds. The fourth-order valence-corrected chi connectivity index (χ4v) is 4.46. The Morgan fingerprint density at radius 1 is 1.33 bits per heavy atom. The molecule has 24 heavy (non-hydrogen) atoms. The lowest BCUT2D eigenvalue weighted by Gasteiger charge is -2.23. The molecule has 0 spiro atoms. The van der Waals surface area contributed by atoms with Gasteiger partial charge in [-0.05, 0) is 18.6 Å². The van der Waals surface area contributed by atoms with Gasteiger partial charge in [0.2, 0.25) is 5.91 Å². The number of rotatable bonds is 6. The van der Waals surface area contributed by atoms with E-state index < -0.39 is 15.8 Å². The number of hydrogen-bond acceptors (Lipinski definition) is 6. The lowest BCUT2D eigenvalue weighted by Crippen LogP contribution is -2.38. The highest BCUT2D eigenvalue weighted by Gasteiger charge is 2.32. The van der Waals surface area contributed by atoms with Crippen molar-refractivity contribution in [3.8, 4) is 0 Å². The second-order valence-electron chi connectivity index (χ2n) is 5.78. The summed E-state index contributed by atoms with van der Waals surface area (Å²) in [6, 6.07) is 6.66. The first-order valence-electron chi connectivity index (χ1n) is 7.71. The molecule has 1 N–H and O–H groups in total. The first-order chi connectivity index (χ1) is 11.3. The molecule has 1 aliphatic heterocycles. The Morgan fingerprint density at radius 2 is 2.04 bits per heavy atom. The number of nitrogens with one attached hydrogen (secondary N) is 1. The Kier molecular flexibility index (Phi) is 5.82. The Morgan fingerprint density at radius 3 is 2.67 bits per heavy atom. The molecule has 0 aliphatic carbocycles. The van der Waals surface area contributed by atoms with Gasteiger partial charge in [0, 0.05) is 31.7 Å². The fraction of sp³-hybridized carbons (Fsp3) is 0.500. The van der Waals surface area contributed by atoms with Crippen LogP contribution in [-0.4, -0.2) is 63.4 Å². The average molecular weight is 354 g/mol. The number of carbonyl (C=O) groups excluding carboxylic acids is 2. The normalized spacial score (nSPS) is 18.8. The smallest absolute Gasteiger partial charge is 0.339 e. The predicted octanol–water partition coefficient (Wildman–Crippen LogP) is 0.921. The molecule has 1 saturated heterocycles. The summed E-state index contributed by atoms with van der Waals surface area (Å²) < 4.78 is 27.7. The van der Waals surface area contributed by atoms with Gasteiger partial charge in [-0.25, -0.2) is 13.2 Å². The Hall–Kier alpha value is -2.09. The molecule has 1 heterocycles. The number of amides is 1. The van der Waals surface area contributed by atoms with E-state index in [4.69, 9.17) is 4.74 Å². The van der Waals surface area contributed by atoms with E-state index >= 15 is 0 Å². The zero-order valence-corrected chi connectivity index (χ0v) is 14.6. The zero-order valence-electron chi connectivity index (χ0n) is 13.8. The van der Waals surface area contributed by atoms with Gasteiger partial charge in [-0.15, -0.1) is 0 Å². The summed E-state index contributed by atoms with van der Waals surface area (Å²) in [7, 11) is -0.0686. The van der Waals surface area contributed by atoms with Crippen LogP contribution in [0.25, 0.3) is 0 Å². The summed E-state index contributed by atoms with van der Waals surface area (Å²) in [5, 5.41) is 3.05. The lowest BCUT2D eigenvalue weighted by molar-refractivity contribution is -0.131. The minimum absolute atomic E-state index is 0.0356. The van der Waals surface area contributed by atoms with Crippen LogP contribution in [0.3, 0.4) is 0 Å². The first-order valence-corrected chi connectivity index (χ1v) is 9.53. The summed E-state index contributed by atoms with van der Waals surface area (Å²) in [4.78, 5) is 25.4. The number of carbonyl (C=O) groups is 2. The molecule has 0 radical (unpaired) electrons. The van der Waals surface area contributed by atoms with Gasteiger partial charge in [0.05, 0.1) is 24.2 Å². The first kappa shape index (κ1) is 18.3. The van der Waals surface area contributed by atoms with Crippen LogP contribution < -0.4 is 5.32 Å². The van der Waals surface area contributed by atoms with Crippen LogP contribution >= 0.6 is 0 Å². The number of anilines is 1. The highest BCUT2D eigenvalue weighted by molar-refractivity contribution is 7.91. The molecule has 2 rings (SSSR count). The molecule has 1 aliphatic rings. The maximum absolute atomic E-state index is 12.2. The van der Waals surface area contributed by atoms with Crippen molar-refractivity contribution in [2.45, 2.75) is 18.9 Å². The SMILES string of the molecule is COC(=O)c1ccccc1NCCC(=O)N(C)C1CCS(=O)(=O)C1. The summed E-state index contributed by atoms with van der Waals surface area (Å²) >= 11 is 0. The maximum atomic E-state index is 12.2. The maximum Gasteiger partial charge on any atom is 0.339 e. The largest absolute Gasteiger partial charge is 0.465 e. The number of esters is 1. The van der Waals surface area contributed by atoms with E-state index in [0.717, 1.165) is 0 Å². The molecule has 1 fully saturated rings. The van der Waals surface area contributed by atoms with E-state index in [-0.39, 0.29) is 29.9 Å². The minimum Gasteiger partial charge on any atom is -0.465 e. The van der Waals surface area contributed by atoms with Crippen molar-refractivity contribution < 1.29 is 22.7 Å². The number of methoxy groups -OCH3 is 1. The Balaban J connectivity index is 1.88. The van der Waals surface area contributed by atoms with Crippen molar-refractivity contribution in [2.75, 3.05) is 37.5 Å². The minimum atomic E-state index is -3.02. The third kappa shape index (κ3) is 4.47. The predicted molar refractivity (Wildman–Crippen MR) is 90.7 cm³/mol. The van der Waals surface area contributed by atoms with Crippen molar-refractivity contribution in [1.82, 2.24) is 4.90 Å². The topological polar surface area (TPSA) is 92.8 Å². The van der Waals surface area contributed by atoms with Crippen LogP contribution in [0.15, 0.2) is 24.3 Å². The van der Waals surface area contributed by atoms with Gasteiger partial charge in [-0.1, -0.05) is 12.1 Å². The van der Waals surface area contributed by atoms with E-state index in [0.29, 0.717) is 24.2 Å². The van der Waals surface area contributed by atoms with E-state index in [1.807, 2.05) is 0 Å². The molecule has 1 atom stereocenters.